The van der Waals surface area contributed by atoms with Gasteiger partial charge in [-0.1, -0.05) is 29.8 Å². The molecule has 1 N–H and O–H groups in total. The Bertz CT molecular complexity index is 1070. The zero-order valence-corrected chi connectivity index (χ0v) is 17.1. The van der Waals surface area contributed by atoms with Gasteiger partial charge in [0, 0.05) is 11.6 Å². The van der Waals surface area contributed by atoms with Crippen molar-refractivity contribution < 1.29 is 18.7 Å². The molecule has 1 aromatic carbocycles. The number of carbonyl (C=O) groups excluding carboxylic acids is 2. The number of hydrogen-bond acceptors (Lipinski definition) is 7. The highest BCUT2D eigenvalue weighted by Gasteiger charge is 2.28. The number of aryl methyl sites for hydroxylation is 3. The first-order valence-electron chi connectivity index (χ1n) is 9.31. The molecule has 3 aromatic rings. The number of ether oxygens (including phenoxy) is 1. The highest BCUT2D eigenvalue weighted by molar-refractivity contribution is 6.09. The monoisotopic (exact) mass is 393 g/mol. The van der Waals surface area contributed by atoms with E-state index in [1.54, 1.807) is 26.8 Å². The predicted octanol–water partition coefficient (Wildman–Crippen LogP) is 4.78. The van der Waals surface area contributed by atoms with Gasteiger partial charge in [-0.2, -0.15) is 0 Å². The zero-order chi connectivity index (χ0) is 21.1. The minimum Gasteiger partial charge on any atom is -0.462 e. The number of Topliss-reactive ketones (excluding diaryl/α,β-unsaturated/α-hetero) is 1. The van der Waals surface area contributed by atoms with Crippen LogP contribution in [0, 0.1) is 20.8 Å². The summed E-state index contributed by atoms with van der Waals surface area (Å²) in [5, 5.41) is 3.02. The van der Waals surface area contributed by atoms with Crippen LogP contribution in [-0.2, 0) is 4.74 Å². The van der Waals surface area contributed by atoms with Crippen molar-refractivity contribution in [2.75, 3.05) is 11.9 Å². The number of ketones is 1. The Balaban J connectivity index is 2.04. The van der Waals surface area contributed by atoms with Gasteiger partial charge >= 0.3 is 5.97 Å². The molecule has 7 nitrogen and oxygen atoms in total. The average molecular weight is 393 g/mol. The molecular formula is C22H23N3O4. The maximum Gasteiger partial charge on any atom is 0.344 e. The number of nitrogens with one attached hydrogen (secondary N) is 1. The Morgan fingerprint density at radius 2 is 1.76 bits per heavy atom. The first-order valence-corrected chi connectivity index (χ1v) is 9.31. The van der Waals surface area contributed by atoms with Crippen LogP contribution in [0.4, 0.5) is 11.7 Å². The molecule has 2 heterocycles. The van der Waals surface area contributed by atoms with Crippen molar-refractivity contribution in [3.63, 3.8) is 0 Å². The number of carbonyl (C=O) groups is 2. The van der Waals surface area contributed by atoms with Crippen LogP contribution in [0.25, 0.3) is 11.3 Å². The fraction of sp³-hybridized carbons (Fsp3) is 0.273. The lowest BCUT2D eigenvalue weighted by Crippen LogP contribution is -2.11. The van der Waals surface area contributed by atoms with Crippen molar-refractivity contribution in [2.45, 2.75) is 34.6 Å². The molecule has 0 saturated heterocycles. The van der Waals surface area contributed by atoms with E-state index in [4.69, 9.17) is 9.15 Å². The standard InChI is InChI=1S/C22H23N3O4/c1-6-28-22(27)20-19(13(3)26)14(4)29-21(20)25-18-11-17(23-15(5)24-18)16-9-7-12(2)8-10-16/h7-11H,6H2,1-5H3,(H,23,24,25). The van der Waals surface area contributed by atoms with Gasteiger partial charge in [-0.15, -0.1) is 0 Å². The minimum absolute atomic E-state index is 0.0741. The molecule has 7 heteroatoms. The molecule has 0 amide bonds. The lowest BCUT2D eigenvalue weighted by molar-refractivity contribution is 0.0524. The lowest BCUT2D eigenvalue weighted by atomic mass is 10.1. The van der Waals surface area contributed by atoms with Crippen LogP contribution in [-0.4, -0.2) is 28.3 Å². The molecule has 2 aromatic heterocycles. The van der Waals surface area contributed by atoms with Crippen LogP contribution < -0.4 is 5.32 Å². The summed E-state index contributed by atoms with van der Waals surface area (Å²) in [5.74, 6) is 0.565. The molecule has 0 atom stereocenters. The first-order chi connectivity index (χ1) is 13.8. The summed E-state index contributed by atoms with van der Waals surface area (Å²) in [7, 11) is 0. The molecule has 150 valence electrons. The van der Waals surface area contributed by atoms with Crippen molar-refractivity contribution in [3.8, 4) is 11.3 Å². The topological polar surface area (TPSA) is 94.3 Å². The van der Waals surface area contributed by atoms with E-state index in [0.29, 0.717) is 17.4 Å². The normalized spacial score (nSPS) is 10.7. The molecule has 0 aliphatic heterocycles. The van der Waals surface area contributed by atoms with E-state index in [0.717, 1.165) is 16.8 Å². The predicted molar refractivity (Wildman–Crippen MR) is 110 cm³/mol. The molecular weight excluding hydrogens is 370 g/mol. The van der Waals surface area contributed by atoms with Crippen molar-refractivity contribution in [1.82, 2.24) is 9.97 Å². The number of aromatic nitrogens is 2. The quantitative estimate of drug-likeness (QED) is 0.475. The molecule has 29 heavy (non-hydrogen) atoms. The summed E-state index contributed by atoms with van der Waals surface area (Å²) in [6, 6.07) is 9.74. The van der Waals surface area contributed by atoms with Crippen molar-refractivity contribution in [1.29, 1.82) is 0 Å². The van der Waals surface area contributed by atoms with E-state index in [9.17, 15) is 9.59 Å². The lowest BCUT2D eigenvalue weighted by Gasteiger charge is -2.09. The second-order valence-electron chi connectivity index (χ2n) is 6.69. The Kier molecular flexibility index (Phi) is 5.77. The van der Waals surface area contributed by atoms with Crippen LogP contribution in [0.2, 0.25) is 0 Å². The third-order valence-corrected chi connectivity index (χ3v) is 4.34. The summed E-state index contributed by atoms with van der Waals surface area (Å²) in [5.41, 5.74) is 3.10. The van der Waals surface area contributed by atoms with E-state index >= 15 is 0 Å². The summed E-state index contributed by atoms with van der Waals surface area (Å²) >= 11 is 0. The van der Waals surface area contributed by atoms with Crippen LogP contribution in [0.15, 0.2) is 34.7 Å². The Labute approximate surface area is 169 Å². The number of nitrogens with zero attached hydrogens (tertiary/aromatic N) is 2. The van der Waals surface area contributed by atoms with Gasteiger partial charge in [0.15, 0.2) is 5.78 Å². The van der Waals surface area contributed by atoms with Crippen molar-refractivity contribution >= 4 is 23.5 Å². The van der Waals surface area contributed by atoms with Gasteiger partial charge in [0.2, 0.25) is 5.88 Å². The zero-order valence-electron chi connectivity index (χ0n) is 17.1. The average Bonchev–Trinajstić information content (AvgIpc) is 2.98. The molecule has 0 bridgehead atoms. The number of furan rings is 1. The minimum atomic E-state index is -0.624. The first kappa shape index (κ1) is 20.3. The Hall–Kier alpha value is -3.48. The van der Waals surface area contributed by atoms with Gasteiger partial charge in [-0.25, -0.2) is 14.8 Å². The molecule has 0 unspecified atom stereocenters. The molecule has 0 aliphatic carbocycles. The largest absolute Gasteiger partial charge is 0.462 e. The SMILES string of the molecule is CCOC(=O)c1c(Nc2cc(-c3ccc(C)cc3)nc(C)n2)oc(C)c1C(C)=O. The maximum absolute atomic E-state index is 12.5. The van der Waals surface area contributed by atoms with E-state index < -0.39 is 5.97 Å². The summed E-state index contributed by atoms with van der Waals surface area (Å²) in [6.45, 7) is 8.70. The number of anilines is 2. The van der Waals surface area contributed by atoms with Gasteiger partial charge in [0.05, 0.1) is 17.9 Å². The fourth-order valence-corrected chi connectivity index (χ4v) is 3.07. The summed E-state index contributed by atoms with van der Waals surface area (Å²) in [6.07, 6.45) is 0. The van der Waals surface area contributed by atoms with Gasteiger partial charge in [-0.3, -0.25) is 4.79 Å². The van der Waals surface area contributed by atoms with Crippen LogP contribution in [0.5, 0.6) is 0 Å². The van der Waals surface area contributed by atoms with E-state index in [1.807, 2.05) is 31.2 Å². The molecule has 0 radical (unpaired) electrons. The van der Waals surface area contributed by atoms with E-state index in [1.165, 1.54) is 6.92 Å². The highest BCUT2D eigenvalue weighted by atomic mass is 16.5. The fourth-order valence-electron chi connectivity index (χ4n) is 3.07. The third kappa shape index (κ3) is 4.34. The summed E-state index contributed by atoms with van der Waals surface area (Å²) in [4.78, 5) is 33.4. The van der Waals surface area contributed by atoms with Gasteiger partial charge in [0.1, 0.15) is 23.0 Å². The second-order valence-corrected chi connectivity index (χ2v) is 6.69. The van der Waals surface area contributed by atoms with Crippen molar-refractivity contribution in [2.24, 2.45) is 0 Å². The van der Waals surface area contributed by atoms with Gasteiger partial charge < -0.3 is 14.5 Å². The highest BCUT2D eigenvalue weighted by Crippen LogP contribution is 2.31. The molecule has 0 spiro atoms. The number of benzene rings is 1. The Morgan fingerprint density at radius 3 is 2.38 bits per heavy atom. The van der Waals surface area contributed by atoms with E-state index in [-0.39, 0.29) is 29.4 Å². The smallest absolute Gasteiger partial charge is 0.344 e. The second kappa shape index (κ2) is 8.26. The third-order valence-electron chi connectivity index (χ3n) is 4.34. The molecule has 3 rings (SSSR count). The van der Waals surface area contributed by atoms with Gasteiger partial charge in [-0.05, 0) is 34.6 Å². The molecule has 0 aliphatic rings. The van der Waals surface area contributed by atoms with Crippen LogP contribution in [0.3, 0.4) is 0 Å². The van der Waals surface area contributed by atoms with E-state index in [2.05, 4.69) is 15.3 Å². The van der Waals surface area contributed by atoms with Crippen LogP contribution >= 0.6 is 0 Å². The summed E-state index contributed by atoms with van der Waals surface area (Å²) < 4.78 is 10.8. The number of hydrogen-bond donors (Lipinski definition) is 1. The van der Waals surface area contributed by atoms with Gasteiger partial charge in [0.25, 0.3) is 0 Å². The Morgan fingerprint density at radius 1 is 1.07 bits per heavy atom. The number of esters is 1. The van der Waals surface area contributed by atoms with Crippen LogP contribution in [0.1, 0.15) is 51.7 Å². The maximum atomic E-state index is 12.5. The number of rotatable bonds is 6. The molecule has 0 saturated carbocycles. The van der Waals surface area contributed by atoms with Crippen molar-refractivity contribution in [3.05, 3.63) is 58.6 Å². The molecule has 0 fully saturated rings.